The molecule has 1 aromatic rings. The van der Waals surface area contributed by atoms with Crippen LogP contribution in [0.3, 0.4) is 0 Å². The fraction of sp³-hybridized carbons (Fsp3) is 0.538. The lowest BCUT2D eigenvalue weighted by atomic mass is 10.2. The maximum Gasteiger partial charge on any atom is 0.190 e. The van der Waals surface area contributed by atoms with E-state index >= 15 is 0 Å². The summed E-state index contributed by atoms with van der Waals surface area (Å²) in [5, 5.41) is 7.10. The number of guanidine groups is 1. The van der Waals surface area contributed by atoms with E-state index in [-0.39, 0.29) is 24.0 Å². The van der Waals surface area contributed by atoms with E-state index in [2.05, 4.69) is 26.9 Å². The predicted molar refractivity (Wildman–Crippen MR) is 101 cm³/mol. The number of hydrogen-bond acceptors (Lipinski definition) is 3. The molecule has 20 heavy (non-hydrogen) atoms. The summed E-state index contributed by atoms with van der Waals surface area (Å²) in [6.45, 7) is 1.77. The zero-order valence-corrected chi connectivity index (χ0v) is 15.8. The van der Waals surface area contributed by atoms with Crippen LogP contribution in [0.5, 0.6) is 0 Å². The molecule has 0 unspecified atom stereocenters. The third kappa shape index (κ3) is 8.86. The topological polar surface area (TPSA) is 49.3 Å². The van der Waals surface area contributed by atoms with Crippen LogP contribution in [-0.4, -0.2) is 43.1 Å². The highest BCUT2D eigenvalue weighted by molar-refractivity contribution is 14.0. The second kappa shape index (κ2) is 12.5. The van der Waals surface area contributed by atoms with Crippen LogP contribution >= 0.6 is 47.3 Å². The number of aliphatic imine (C=N–C) groups is 1. The van der Waals surface area contributed by atoms with E-state index in [0.717, 1.165) is 37.5 Å². The van der Waals surface area contributed by atoms with Crippen molar-refractivity contribution in [1.82, 2.24) is 15.6 Å². The third-order valence-corrected chi connectivity index (χ3v) is 3.46. The summed E-state index contributed by atoms with van der Waals surface area (Å²) in [5.41, 5.74) is 1.16. The Morgan fingerprint density at radius 1 is 1.35 bits per heavy atom. The number of pyridine rings is 1. The highest BCUT2D eigenvalue weighted by Crippen LogP contribution is 2.05. The van der Waals surface area contributed by atoms with Crippen molar-refractivity contribution in [2.45, 2.75) is 12.8 Å². The van der Waals surface area contributed by atoms with Gasteiger partial charge >= 0.3 is 0 Å². The van der Waals surface area contributed by atoms with Gasteiger partial charge in [-0.15, -0.1) is 24.0 Å². The summed E-state index contributed by atoms with van der Waals surface area (Å²) in [6.07, 6.45) is 5.96. The molecule has 0 fully saturated rings. The molecule has 1 aromatic heterocycles. The summed E-state index contributed by atoms with van der Waals surface area (Å²) in [6, 6.07) is 3.80. The van der Waals surface area contributed by atoms with Gasteiger partial charge in [0.15, 0.2) is 5.96 Å². The van der Waals surface area contributed by atoms with Gasteiger partial charge in [0.25, 0.3) is 0 Å². The Morgan fingerprint density at radius 2 is 2.10 bits per heavy atom. The molecule has 0 aliphatic carbocycles. The zero-order chi connectivity index (χ0) is 13.9. The number of thioether (sulfide) groups is 1. The highest BCUT2D eigenvalue weighted by Gasteiger charge is 1.98. The molecular formula is C13H22ClIN4S. The van der Waals surface area contributed by atoms with Crippen molar-refractivity contribution in [3.63, 3.8) is 0 Å². The third-order valence-electron chi connectivity index (χ3n) is 2.54. The van der Waals surface area contributed by atoms with Crippen LogP contribution in [0, 0.1) is 0 Å². The first kappa shape index (κ1) is 19.8. The molecule has 4 nitrogen and oxygen atoms in total. The molecule has 0 aromatic carbocycles. The number of nitrogens with zero attached hydrogens (tertiary/aromatic N) is 2. The van der Waals surface area contributed by atoms with Gasteiger partial charge in [-0.25, -0.2) is 4.98 Å². The first-order chi connectivity index (χ1) is 9.26. The van der Waals surface area contributed by atoms with Gasteiger partial charge < -0.3 is 10.6 Å². The Hall–Kier alpha value is -0.210. The average molecular weight is 429 g/mol. The minimum absolute atomic E-state index is 0. The number of hydrogen-bond donors (Lipinski definition) is 2. The maximum atomic E-state index is 5.74. The maximum absolute atomic E-state index is 5.74. The van der Waals surface area contributed by atoms with Crippen LogP contribution in [0.1, 0.15) is 12.0 Å². The largest absolute Gasteiger partial charge is 0.356 e. The molecule has 114 valence electrons. The van der Waals surface area contributed by atoms with Gasteiger partial charge in [0.05, 0.1) is 0 Å². The first-order valence-corrected chi connectivity index (χ1v) is 8.07. The van der Waals surface area contributed by atoms with Gasteiger partial charge in [-0.1, -0.05) is 17.7 Å². The van der Waals surface area contributed by atoms with Crippen molar-refractivity contribution in [3.05, 3.63) is 29.0 Å². The van der Waals surface area contributed by atoms with E-state index in [4.69, 9.17) is 11.6 Å². The minimum Gasteiger partial charge on any atom is -0.356 e. The van der Waals surface area contributed by atoms with Crippen molar-refractivity contribution in [2.75, 3.05) is 32.1 Å². The van der Waals surface area contributed by atoms with Crippen LogP contribution in [-0.2, 0) is 6.42 Å². The van der Waals surface area contributed by atoms with Crippen LogP contribution in [0.4, 0.5) is 0 Å². The molecule has 0 aliphatic heterocycles. The number of aromatic nitrogens is 1. The number of halogens is 2. The predicted octanol–water partition coefficient (Wildman–Crippen LogP) is 2.81. The fourth-order valence-electron chi connectivity index (χ4n) is 1.52. The molecule has 0 bridgehead atoms. The van der Waals surface area contributed by atoms with E-state index in [1.807, 2.05) is 23.9 Å². The molecule has 0 spiro atoms. The molecule has 0 saturated carbocycles. The monoisotopic (exact) mass is 428 g/mol. The van der Waals surface area contributed by atoms with Crippen LogP contribution in [0.2, 0.25) is 5.15 Å². The summed E-state index contributed by atoms with van der Waals surface area (Å²) in [5.74, 6) is 2.02. The lowest BCUT2D eigenvalue weighted by molar-refractivity contribution is 0.776. The van der Waals surface area contributed by atoms with Crippen molar-refractivity contribution < 1.29 is 0 Å². The Kier molecular flexibility index (Phi) is 12.4. The summed E-state index contributed by atoms with van der Waals surface area (Å²) >= 11 is 7.60. The van der Waals surface area contributed by atoms with Crippen molar-refractivity contribution >= 4 is 53.3 Å². The lowest BCUT2D eigenvalue weighted by Gasteiger charge is -2.11. The Bertz CT molecular complexity index is 386. The van der Waals surface area contributed by atoms with Gasteiger partial charge in [-0.2, -0.15) is 11.8 Å². The second-order valence-corrected chi connectivity index (χ2v) is 5.38. The number of rotatable bonds is 7. The Labute approximate surface area is 147 Å². The molecular weight excluding hydrogens is 407 g/mol. The molecule has 0 saturated heterocycles. The molecule has 2 N–H and O–H groups in total. The van der Waals surface area contributed by atoms with Crippen molar-refractivity contribution in [1.29, 1.82) is 0 Å². The standard InChI is InChI=1S/C13H21ClN4S.HI/c1-15-13(16-7-3-9-19-2)17-8-6-11-4-5-12(14)18-10-11;/h4-5,10H,3,6-9H2,1-2H3,(H2,15,16,17);1H. The average Bonchev–Trinajstić information content (AvgIpc) is 2.43. The van der Waals surface area contributed by atoms with E-state index in [9.17, 15) is 0 Å². The van der Waals surface area contributed by atoms with Crippen LogP contribution < -0.4 is 10.6 Å². The normalized spacial score (nSPS) is 10.8. The van der Waals surface area contributed by atoms with Gasteiger partial charge in [-0.3, -0.25) is 4.99 Å². The van der Waals surface area contributed by atoms with E-state index in [1.165, 1.54) is 5.75 Å². The van der Waals surface area contributed by atoms with Gasteiger partial charge in [0, 0.05) is 26.3 Å². The molecule has 7 heteroatoms. The molecule has 0 amide bonds. The van der Waals surface area contributed by atoms with E-state index in [1.54, 1.807) is 13.2 Å². The smallest absolute Gasteiger partial charge is 0.190 e. The fourth-order valence-corrected chi connectivity index (χ4v) is 2.07. The van der Waals surface area contributed by atoms with E-state index in [0.29, 0.717) is 5.15 Å². The first-order valence-electron chi connectivity index (χ1n) is 6.30. The highest BCUT2D eigenvalue weighted by atomic mass is 127. The van der Waals surface area contributed by atoms with Gasteiger partial charge in [0.2, 0.25) is 0 Å². The van der Waals surface area contributed by atoms with Crippen LogP contribution in [0.15, 0.2) is 23.3 Å². The van der Waals surface area contributed by atoms with Crippen molar-refractivity contribution in [2.24, 2.45) is 4.99 Å². The van der Waals surface area contributed by atoms with Gasteiger partial charge in [0.1, 0.15) is 5.15 Å². The minimum atomic E-state index is 0. The van der Waals surface area contributed by atoms with Crippen LogP contribution in [0.25, 0.3) is 0 Å². The molecule has 0 atom stereocenters. The summed E-state index contributed by atoms with van der Waals surface area (Å²) < 4.78 is 0. The lowest BCUT2D eigenvalue weighted by Crippen LogP contribution is -2.38. The Morgan fingerprint density at radius 3 is 2.70 bits per heavy atom. The second-order valence-electron chi connectivity index (χ2n) is 4.01. The zero-order valence-electron chi connectivity index (χ0n) is 11.9. The van der Waals surface area contributed by atoms with Crippen molar-refractivity contribution in [3.8, 4) is 0 Å². The van der Waals surface area contributed by atoms with Gasteiger partial charge in [-0.05, 0) is 36.5 Å². The summed E-state index contributed by atoms with van der Waals surface area (Å²) in [4.78, 5) is 8.24. The molecule has 0 radical (unpaired) electrons. The molecule has 1 heterocycles. The Balaban J connectivity index is 0.00000361. The molecule has 1 rings (SSSR count). The quantitative estimate of drug-likeness (QED) is 0.230. The molecule has 0 aliphatic rings. The van der Waals surface area contributed by atoms with E-state index < -0.39 is 0 Å². The number of nitrogens with one attached hydrogen (secondary N) is 2. The SMILES string of the molecule is CN=C(NCCCSC)NCCc1ccc(Cl)nc1.I. The summed E-state index contributed by atoms with van der Waals surface area (Å²) in [7, 11) is 1.79.